The van der Waals surface area contributed by atoms with Crippen molar-refractivity contribution in [2.24, 2.45) is 11.1 Å². The summed E-state index contributed by atoms with van der Waals surface area (Å²) >= 11 is 0. The molecule has 1 unspecified atom stereocenters. The summed E-state index contributed by atoms with van der Waals surface area (Å²) in [5.41, 5.74) is 5.98. The van der Waals surface area contributed by atoms with Gasteiger partial charge in [0.25, 0.3) is 0 Å². The summed E-state index contributed by atoms with van der Waals surface area (Å²) in [5.74, 6) is 0. The number of hydrogen-bond acceptors (Lipinski definition) is 2. The minimum atomic E-state index is 0.381. The molecule has 0 aliphatic carbocycles. The molecule has 0 saturated carbocycles. The predicted molar refractivity (Wildman–Crippen MR) is 50.6 cm³/mol. The summed E-state index contributed by atoms with van der Waals surface area (Å²) < 4.78 is 0. The topological polar surface area (TPSA) is 38.0 Å². The maximum atomic E-state index is 5.60. The molecule has 0 radical (unpaired) electrons. The molecule has 0 aromatic heterocycles. The number of nitrogens with one attached hydrogen (secondary N) is 1. The first-order valence-electron chi connectivity index (χ1n) is 4.43. The Morgan fingerprint density at radius 3 is 2.18 bits per heavy atom. The third kappa shape index (κ3) is 6.32. The normalized spacial score (nSPS) is 15.0. The lowest BCUT2D eigenvalue weighted by Gasteiger charge is -2.25. The highest BCUT2D eigenvalue weighted by atomic mass is 14.9. The second-order valence-corrected chi connectivity index (χ2v) is 4.26. The van der Waals surface area contributed by atoms with E-state index in [4.69, 9.17) is 5.73 Å². The van der Waals surface area contributed by atoms with Crippen molar-refractivity contribution in [3.63, 3.8) is 0 Å². The van der Waals surface area contributed by atoms with Gasteiger partial charge in [0.2, 0.25) is 0 Å². The van der Waals surface area contributed by atoms with Crippen LogP contribution in [0.5, 0.6) is 0 Å². The summed E-state index contributed by atoms with van der Waals surface area (Å²) in [4.78, 5) is 0. The summed E-state index contributed by atoms with van der Waals surface area (Å²) in [6.07, 6.45) is 1.15. The number of rotatable bonds is 4. The zero-order valence-corrected chi connectivity index (χ0v) is 8.28. The van der Waals surface area contributed by atoms with Gasteiger partial charge in [-0.25, -0.2) is 0 Å². The van der Waals surface area contributed by atoms with Crippen molar-refractivity contribution in [1.29, 1.82) is 0 Å². The molecule has 1 atom stereocenters. The van der Waals surface area contributed by atoms with Gasteiger partial charge < -0.3 is 11.1 Å². The summed E-state index contributed by atoms with van der Waals surface area (Å²) in [6.45, 7) is 10.6. The van der Waals surface area contributed by atoms with Crippen molar-refractivity contribution >= 4 is 0 Å². The Morgan fingerprint density at radius 1 is 1.36 bits per heavy atom. The predicted octanol–water partition coefficient (Wildman–Crippen LogP) is 1.36. The first kappa shape index (κ1) is 10.9. The first-order chi connectivity index (χ1) is 4.99. The lowest BCUT2D eigenvalue weighted by molar-refractivity contribution is 0.314. The fourth-order valence-electron chi connectivity index (χ4n) is 1.27. The van der Waals surface area contributed by atoms with Crippen LogP contribution in [0.2, 0.25) is 0 Å². The lowest BCUT2D eigenvalue weighted by atomic mass is 9.88. The van der Waals surface area contributed by atoms with Crippen molar-refractivity contribution < 1.29 is 0 Å². The van der Waals surface area contributed by atoms with Crippen LogP contribution in [0.4, 0.5) is 0 Å². The molecule has 0 fully saturated rings. The van der Waals surface area contributed by atoms with Gasteiger partial charge in [-0.05, 0) is 18.4 Å². The molecular weight excluding hydrogens is 136 g/mol. The minimum absolute atomic E-state index is 0.381. The van der Waals surface area contributed by atoms with Crippen LogP contribution in [0.3, 0.4) is 0 Å². The van der Waals surface area contributed by atoms with E-state index < -0.39 is 0 Å². The third-order valence-electron chi connectivity index (χ3n) is 1.64. The molecule has 0 amide bonds. The molecule has 0 aromatic rings. The van der Waals surface area contributed by atoms with Crippen molar-refractivity contribution in [3.8, 4) is 0 Å². The second kappa shape index (κ2) is 4.73. The molecule has 0 saturated heterocycles. The fourth-order valence-corrected chi connectivity index (χ4v) is 1.27. The van der Waals surface area contributed by atoms with Gasteiger partial charge >= 0.3 is 0 Å². The molecule has 11 heavy (non-hydrogen) atoms. The Balaban J connectivity index is 3.68. The van der Waals surface area contributed by atoms with Gasteiger partial charge in [0, 0.05) is 12.6 Å². The summed E-state index contributed by atoms with van der Waals surface area (Å²) in [5, 5.41) is 3.36. The van der Waals surface area contributed by atoms with Crippen LogP contribution in [0, 0.1) is 5.41 Å². The number of nitrogens with two attached hydrogens (primary N) is 1. The SMILES string of the molecule is CCNC(CN)CC(C)(C)C. The molecule has 68 valence electrons. The Bertz CT molecular complexity index is 94.2. The van der Waals surface area contributed by atoms with Gasteiger partial charge in [-0.3, -0.25) is 0 Å². The smallest absolute Gasteiger partial charge is 0.0195 e. The van der Waals surface area contributed by atoms with Gasteiger partial charge in [-0.1, -0.05) is 27.7 Å². The molecule has 0 aliphatic rings. The van der Waals surface area contributed by atoms with Crippen molar-refractivity contribution in [1.82, 2.24) is 5.32 Å². The number of hydrogen-bond donors (Lipinski definition) is 2. The fraction of sp³-hybridized carbons (Fsp3) is 1.00. The van der Waals surface area contributed by atoms with Crippen LogP contribution < -0.4 is 11.1 Å². The maximum absolute atomic E-state index is 5.60. The molecule has 0 aromatic carbocycles. The average molecular weight is 158 g/mol. The largest absolute Gasteiger partial charge is 0.329 e. The maximum Gasteiger partial charge on any atom is 0.0195 e. The van der Waals surface area contributed by atoms with Gasteiger partial charge in [0.05, 0.1) is 0 Å². The molecule has 0 rings (SSSR count). The van der Waals surface area contributed by atoms with Gasteiger partial charge in [0.15, 0.2) is 0 Å². The van der Waals surface area contributed by atoms with Crippen LogP contribution in [0.25, 0.3) is 0 Å². The van der Waals surface area contributed by atoms with Crippen LogP contribution in [0.15, 0.2) is 0 Å². The van der Waals surface area contributed by atoms with Gasteiger partial charge in [0.1, 0.15) is 0 Å². The zero-order chi connectivity index (χ0) is 8.91. The second-order valence-electron chi connectivity index (χ2n) is 4.26. The van der Waals surface area contributed by atoms with Crippen LogP contribution >= 0.6 is 0 Å². The van der Waals surface area contributed by atoms with Gasteiger partial charge in [-0.15, -0.1) is 0 Å². The van der Waals surface area contributed by atoms with E-state index in [-0.39, 0.29) is 0 Å². The first-order valence-corrected chi connectivity index (χ1v) is 4.43. The minimum Gasteiger partial charge on any atom is -0.329 e. The van der Waals surface area contributed by atoms with E-state index in [1.807, 2.05) is 0 Å². The van der Waals surface area contributed by atoms with E-state index in [0.717, 1.165) is 19.5 Å². The Morgan fingerprint density at radius 2 is 1.91 bits per heavy atom. The molecule has 3 N–H and O–H groups in total. The van der Waals surface area contributed by atoms with Crippen molar-refractivity contribution in [2.75, 3.05) is 13.1 Å². The number of likely N-dealkylation sites (N-methyl/N-ethyl adjacent to an activating group) is 1. The quantitative estimate of drug-likeness (QED) is 0.648. The standard InChI is InChI=1S/C9H22N2/c1-5-11-8(7-10)6-9(2,3)4/h8,11H,5-7,10H2,1-4H3. The molecule has 0 bridgehead atoms. The van der Waals surface area contributed by atoms with Gasteiger partial charge in [-0.2, -0.15) is 0 Å². The molecule has 0 heterocycles. The van der Waals surface area contributed by atoms with Crippen molar-refractivity contribution in [3.05, 3.63) is 0 Å². The molecule has 0 aliphatic heterocycles. The van der Waals surface area contributed by atoms with Crippen LogP contribution in [-0.2, 0) is 0 Å². The Kier molecular flexibility index (Phi) is 4.69. The highest BCUT2D eigenvalue weighted by Crippen LogP contribution is 2.20. The lowest BCUT2D eigenvalue weighted by Crippen LogP contribution is -2.38. The monoisotopic (exact) mass is 158 g/mol. The Hall–Kier alpha value is -0.0800. The molecule has 2 heteroatoms. The Labute approximate surface area is 70.5 Å². The highest BCUT2D eigenvalue weighted by Gasteiger charge is 2.16. The molecular formula is C9H22N2. The van der Waals surface area contributed by atoms with E-state index in [0.29, 0.717) is 11.5 Å². The molecule has 2 nitrogen and oxygen atoms in total. The van der Waals surface area contributed by atoms with Crippen LogP contribution in [0.1, 0.15) is 34.1 Å². The highest BCUT2D eigenvalue weighted by molar-refractivity contribution is 4.74. The van der Waals surface area contributed by atoms with E-state index in [9.17, 15) is 0 Å². The third-order valence-corrected chi connectivity index (χ3v) is 1.64. The summed E-state index contributed by atoms with van der Waals surface area (Å²) in [7, 11) is 0. The van der Waals surface area contributed by atoms with Crippen molar-refractivity contribution in [2.45, 2.75) is 40.2 Å². The van der Waals surface area contributed by atoms with E-state index in [1.165, 1.54) is 0 Å². The van der Waals surface area contributed by atoms with Crippen LogP contribution in [-0.4, -0.2) is 19.1 Å². The van der Waals surface area contributed by atoms with E-state index in [2.05, 4.69) is 33.0 Å². The average Bonchev–Trinajstić information content (AvgIpc) is 1.84. The molecule has 0 spiro atoms. The zero-order valence-electron chi connectivity index (χ0n) is 8.28. The summed E-state index contributed by atoms with van der Waals surface area (Å²) in [6, 6.07) is 0.486. The van der Waals surface area contributed by atoms with E-state index >= 15 is 0 Å². The van der Waals surface area contributed by atoms with E-state index in [1.54, 1.807) is 0 Å².